The Labute approximate surface area is 193 Å². The van der Waals surface area contributed by atoms with E-state index in [9.17, 15) is 24.3 Å². The summed E-state index contributed by atoms with van der Waals surface area (Å²) in [6.07, 6.45) is -0.501. The lowest BCUT2D eigenvalue weighted by atomic mass is 9.95. The standard InChI is InChI=1S/C22H34N4O7/c1-14(2)11-12-17(27)33-26-18(28)22(31,25-19(23)29)16(13-15-9-7-6-8-10-15)24-20(30)32-21(3,4)5/h6-10,14,16,31H,11-13H2,1-5H3,(H,24,30)(H,26,28)(H3,23,25,29)/t16-,22+/m0/s1. The Bertz CT molecular complexity index is 824. The van der Waals surface area contributed by atoms with Crippen LogP contribution in [-0.4, -0.2) is 46.5 Å². The summed E-state index contributed by atoms with van der Waals surface area (Å²) in [5, 5.41) is 15.5. The molecule has 0 bridgehead atoms. The number of amides is 4. The predicted molar refractivity (Wildman–Crippen MR) is 119 cm³/mol. The summed E-state index contributed by atoms with van der Waals surface area (Å²) >= 11 is 0. The highest BCUT2D eigenvalue weighted by molar-refractivity contribution is 5.90. The molecule has 6 N–H and O–H groups in total. The van der Waals surface area contributed by atoms with Crippen molar-refractivity contribution in [2.45, 2.75) is 71.2 Å². The summed E-state index contributed by atoms with van der Waals surface area (Å²) in [7, 11) is 0. The Morgan fingerprint density at radius 2 is 1.70 bits per heavy atom. The van der Waals surface area contributed by atoms with E-state index in [2.05, 4.69) is 5.32 Å². The second-order valence-corrected chi connectivity index (χ2v) is 8.98. The van der Waals surface area contributed by atoms with Crippen LogP contribution < -0.4 is 21.8 Å². The van der Waals surface area contributed by atoms with Crippen LogP contribution >= 0.6 is 0 Å². The number of hydrogen-bond donors (Lipinski definition) is 5. The number of hydrogen-bond acceptors (Lipinski definition) is 7. The van der Waals surface area contributed by atoms with Crippen molar-refractivity contribution in [2.75, 3.05) is 0 Å². The van der Waals surface area contributed by atoms with Gasteiger partial charge in [0.2, 0.25) is 5.72 Å². The molecule has 0 fully saturated rings. The van der Waals surface area contributed by atoms with Crippen molar-refractivity contribution < 1.29 is 33.9 Å². The van der Waals surface area contributed by atoms with E-state index in [0.29, 0.717) is 12.0 Å². The molecule has 1 aromatic rings. The molecule has 0 saturated carbocycles. The smallest absolute Gasteiger partial charge is 0.408 e. The van der Waals surface area contributed by atoms with Gasteiger partial charge >= 0.3 is 24.0 Å². The Morgan fingerprint density at radius 1 is 1.09 bits per heavy atom. The zero-order valence-corrected chi connectivity index (χ0v) is 19.6. The van der Waals surface area contributed by atoms with Crippen molar-refractivity contribution in [2.24, 2.45) is 11.7 Å². The summed E-state index contributed by atoms with van der Waals surface area (Å²) in [6.45, 7) is 8.73. The lowest BCUT2D eigenvalue weighted by molar-refractivity contribution is -0.170. The maximum absolute atomic E-state index is 12.8. The Morgan fingerprint density at radius 3 is 2.21 bits per heavy atom. The molecular weight excluding hydrogens is 432 g/mol. The zero-order chi connectivity index (χ0) is 25.2. The fraction of sp³-hybridized carbons (Fsp3) is 0.545. The minimum Gasteiger partial charge on any atom is -0.444 e. The van der Waals surface area contributed by atoms with Crippen LogP contribution in [0.5, 0.6) is 0 Å². The quantitative estimate of drug-likeness (QED) is 0.271. The van der Waals surface area contributed by atoms with E-state index in [1.807, 2.05) is 24.6 Å². The number of primary amides is 1. The van der Waals surface area contributed by atoms with Crippen molar-refractivity contribution in [1.82, 2.24) is 16.1 Å². The monoisotopic (exact) mass is 466 g/mol. The molecule has 0 aliphatic rings. The molecule has 0 heterocycles. The second kappa shape index (κ2) is 12.0. The molecule has 184 valence electrons. The summed E-state index contributed by atoms with van der Waals surface area (Å²) in [4.78, 5) is 53.5. The third-order valence-electron chi connectivity index (χ3n) is 4.32. The first-order valence-corrected chi connectivity index (χ1v) is 10.6. The molecule has 11 heteroatoms. The first-order valence-electron chi connectivity index (χ1n) is 10.6. The number of carbonyl (C=O) groups is 4. The van der Waals surface area contributed by atoms with Gasteiger partial charge in [-0.15, -0.1) is 0 Å². The van der Waals surface area contributed by atoms with Crippen molar-refractivity contribution in [3.63, 3.8) is 0 Å². The van der Waals surface area contributed by atoms with E-state index in [0.717, 1.165) is 0 Å². The molecule has 11 nitrogen and oxygen atoms in total. The van der Waals surface area contributed by atoms with Crippen LogP contribution in [0.25, 0.3) is 0 Å². The van der Waals surface area contributed by atoms with Crippen LogP contribution in [0.4, 0.5) is 9.59 Å². The number of aliphatic hydroxyl groups is 1. The zero-order valence-electron chi connectivity index (χ0n) is 19.6. The van der Waals surface area contributed by atoms with Gasteiger partial charge in [-0.25, -0.2) is 14.4 Å². The molecule has 0 saturated heterocycles. The van der Waals surface area contributed by atoms with Gasteiger partial charge in [-0.1, -0.05) is 44.2 Å². The Kier molecular flexibility index (Phi) is 10.1. The van der Waals surface area contributed by atoms with Gasteiger partial charge in [0.1, 0.15) is 5.60 Å². The highest BCUT2D eigenvalue weighted by Crippen LogP contribution is 2.16. The molecular formula is C22H34N4O7. The molecule has 0 aliphatic heterocycles. The number of benzene rings is 1. The number of nitrogens with one attached hydrogen (secondary N) is 3. The third-order valence-corrected chi connectivity index (χ3v) is 4.32. The molecule has 2 atom stereocenters. The fourth-order valence-corrected chi connectivity index (χ4v) is 2.73. The van der Waals surface area contributed by atoms with Crippen LogP contribution in [0.2, 0.25) is 0 Å². The van der Waals surface area contributed by atoms with Crippen LogP contribution in [0.15, 0.2) is 30.3 Å². The van der Waals surface area contributed by atoms with Crippen molar-refractivity contribution in [3.05, 3.63) is 35.9 Å². The average molecular weight is 467 g/mol. The van der Waals surface area contributed by atoms with Gasteiger partial charge in [0, 0.05) is 6.42 Å². The molecule has 0 aliphatic carbocycles. The normalized spacial score (nSPS) is 13.9. The summed E-state index contributed by atoms with van der Waals surface area (Å²) in [5.41, 5.74) is 3.98. The molecule has 4 amide bonds. The fourth-order valence-electron chi connectivity index (χ4n) is 2.73. The number of ether oxygens (including phenoxy) is 1. The second-order valence-electron chi connectivity index (χ2n) is 8.98. The van der Waals surface area contributed by atoms with Crippen LogP contribution in [-0.2, 0) is 25.6 Å². The van der Waals surface area contributed by atoms with Crippen LogP contribution in [0.1, 0.15) is 53.0 Å². The SMILES string of the molecule is CC(C)CCC(=O)ONC(=O)[C@@](O)(NC(N)=O)[C@H](Cc1ccccc1)NC(=O)OC(C)(C)C. The number of rotatable bonds is 9. The number of hydroxylamine groups is 1. The first-order chi connectivity index (χ1) is 15.2. The summed E-state index contributed by atoms with van der Waals surface area (Å²) in [5.74, 6) is -1.82. The molecule has 0 spiro atoms. The van der Waals surface area contributed by atoms with E-state index in [1.54, 1.807) is 51.1 Å². The first kappa shape index (κ1) is 27.7. The van der Waals surface area contributed by atoms with E-state index in [4.69, 9.17) is 15.3 Å². The number of carbonyl (C=O) groups excluding carboxylic acids is 4. The van der Waals surface area contributed by atoms with Gasteiger partial charge in [0.25, 0.3) is 0 Å². The maximum atomic E-state index is 12.8. The number of urea groups is 1. The van der Waals surface area contributed by atoms with E-state index >= 15 is 0 Å². The van der Waals surface area contributed by atoms with Gasteiger partial charge in [0.15, 0.2) is 0 Å². The van der Waals surface area contributed by atoms with E-state index in [-0.39, 0.29) is 18.8 Å². The molecule has 1 aromatic carbocycles. The molecule has 1 rings (SSSR count). The maximum Gasteiger partial charge on any atom is 0.408 e. The van der Waals surface area contributed by atoms with Crippen molar-refractivity contribution in [3.8, 4) is 0 Å². The highest BCUT2D eigenvalue weighted by atomic mass is 16.7. The molecule has 0 radical (unpaired) electrons. The van der Waals surface area contributed by atoms with Crippen molar-refractivity contribution >= 4 is 24.0 Å². The van der Waals surface area contributed by atoms with Gasteiger partial charge < -0.3 is 31.0 Å². The van der Waals surface area contributed by atoms with Crippen LogP contribution in [0.3, 0.4) is 0 Å². The molecule has 0 unspecified atom stereocenters. The molecule has 33 heavy (non-hydrogen) atoms. The predicted octanol–water partition coefficient (Wildman–Crippen LogP) is 1.49. The van der Waals surface area contributed by atoms with Gasteiger partial charge in [0.05, 0.1) is 6.04 Å². The largest absolute Gasteiger partial charge is 0.444 e. The average Bonchev–Trinajstić information content (AvgIpc) is 2.68. The number of nitrogens with two attached hydrogens (primary N) is 1. The molecule has 0 aromatic heterocycles. The van der Waals surface area contributed by atoms with Crippen LogP contribution in [0, 0.1) is 5.92 Å². The van der Waals surface area contributed by atoms with Gasteiger partial charge in [-0.3, -0.25) is 4.79 Å². The van der Waals surface area contributed by atoms with Crippen molar-refractivity contribution in [1.29, 1.82) is 0 Å². The minimum absolute atomic E-state index is 0.0310. The Hall–Kier alpha value is -3.34. The topological polar surface area (TPSA) is 169 Å². The summed E-state index contributed by atoms with van der Waals surface area (Å²) in [6, 6.07) is 5.89. The van der Waals surface area contributed by atoms with E-state index in [1.165, 1.54) is 0 Å². The number of alkyl carbamates (subject to hydrolysis) is 1. The third kappa shape index (κ3) is 10.2. The lowest BCUT2D eigenvalue weighted by Gasteiger charge is -2.35. The highest BCUT2D eigenvalue weighted by Gasteiger charge is 2.47. The van der Waals surface area contributed by atoms with Gasteiger partial charge in [-0.05, 0) is 45.1 Å². The minimum atomic E-state index is -2.78. The summed E-state index contributed by atoms with van der Waals surface area (Å²) < 4.78 is 5.22. The lowest BCUT2D eigenvalue weighted by Crippen LogP contribution is -2.71. The Balaban J connectivity index is 3.16. The van der Waals surface area contributed by atoms with Gasteiger partial charge in [-0.2, -0.15) is 5.48 Å². The van der Waals surface area contributed by atoms with E-state index < -0.39 is 41.4 Å².